The summed E-state index contributed by atoms with van der Waals surface area (Å²) < 4.78 is 13.9. The molecular formula is C17H15FN2OS2. The van der Waals surface area contributed by atoms with Crippen molar-refractivity contribution in [3.8, 4) is 0 Å². The van der Waals surface area contributed by atoms with Gasteiger partial charge in [0.1, 0.15) is 5.82 Å². The quantitative estimate of drug-likeness (QED) is 0.679. The molecule has 0 aliphatic carbocycles. The molecule has 3 aromatic rings. The van der Waals surface area contributed by atoms with Crippen molar-refractivity contribution in [3.63, 3.8) is 0 Å². The molecule has 0 saturated heterocycles. The van der Waals surface area contributed by atoms with Gasteiger partial charge in [-0.1, -0.05) is 30.4 Å². The maximum Gasteiger partial charge on any atom is 0.230 e. The summed E-state index contributed by atoms with van der Waals surface area (Å²) in [6.07, 6.45) is 0.293. The van der Waals surface area contributed by atoms with Gasteiger partial charge in [-0.25, -0.2) is 9.37 Å². The van der Waals surface area contributed by atoms with E-state index in [-0.39, 0.29) is 11.7 Å². The molecule has 0 spiro atoms. The number of rotatable bonds is 5. The van der Waals surface area contributed by atoms with Gasteiger partial charge in [0.25, 0.3) is 0 Å². The minimum Gasteiger partial charge on any atom is -0.302 e. The smallest absolute Gasteiger partial charge is 0.230 e. The Balaban J connectivity index is 1.65. The molecule has 0 radical (unpaired) electrons. The van der Waals surface area contributed by atoms with E-state index in [0.29, 0.717) is 17.1 Å². The number of carbonyl (C=O) groups is 1. The number of carbonyl (C=O) groups excluding carboxylic acids is 1. The summed E-state index contributed by atoms with van der Waals surface area (Å²) in [5, 5.41) is 3.27. The molecule has 1 amide bonds. The van der Waals surface area contributed by atoms with Gasteiger partial charge in [0.05, 0.1) is 16.6 Å². The van der Waals surface area contributed by atoms with Crippen molar-refractivity contribution in [2.75, 3.05) is 11.1 Å². The summed E-state index contributed by atoms with van der Waals surface area (Å²) in [5.74, 6) is 0.599. The minimum absolute atomic E-state index is 0.125. The first-order valence-electron chi connectivity index (χ1n) is 7.21. The molecule has 3 nitrogen and oxygen atoms in total. The monoisotopic (exact) mass is 346 g/mol. The van der Waals surface area contributed by atoms with Crippen LogP contribution in [0.2, 0.25) is 0 Å². The first kappa shape index (κ1) is 16.0. The van der Waals surface area contributed by atoms with Crippen molar-refractivity contribution in [2.24, 2.45) is 0 Å². The zero-order chi connectivity index (χ0) is 16.2. The second-order valence-corrected chi connectivity index (χ2v) is 7.30. The topological polar surface area (TPSA) is 42.0 Å². The summed E-state index contributed by atoms with van der Waals surface area (Å²) in [7, 11) is 0. The Labute approximate surface area is 141 Å². The number of halogens is 1. The highest BCUT2D eigenvalue weighted by molar-refractivity contribution is 7.99. The number of benzene rings is 2. The van der Waals surface area contributed by atoms with E-state index < -0.39 is 0 Å². The second-order valence-electron chi connectivity index (χ2n) is 4.93. The van der Waals surface area contributed by atoms with Gasteiger partial charge in [0.2, 0.25) is 5.91 Å². The van der Waals surface area contributed by atoms with Crippen LogP contribution in [0.25, 0.3) is 10.2 Å². The fourth-order valence-corrected chi connectivity index (χ4v) is 3.74. The molecule has 118 valence electrons. The SMILES string of the molecule is CCSc1ccc(CC(=O)Nc2nc3ccc(F)cc3s2)cc1. The molecule has 0 aliphatic heterocycles. The van der Waals surface area contributed by atoms with E-state index in [4.69, 9.17) is 0 Å². The fourth-order valence-electron chi connectivity index (χ4n) is 2.17. The van der Waals surface area contributed by atoms with Gasteiger partial charge in [0, 0.05) is 4.90 Å². The highest BCUT2D eigenvalue weighted by atomic mass is 32.2. The zero-order valence-electron chi connectivity index (χ0n) is 12.5. The Hall–Kier alpha value is -1.92. The first-order chi connectivity index (χ1) is 11.1. The van der Waals surface area contributed by atoms with Gasteiger partial charge in [-0.3, -0.25) is 4.79 Å². The molecule has 0 aliphatic rings. The van der Waals surface area contributed by atoms with Crippen LogP contribution >= 0.6 is 23.1 Å². The number of fused-ring (bicyclic) bond motifs is 1. The van der Waals surface area contributed by atoms with E-state index in [1.165, 1.54) is 28.4 Å². The van der Waals surface area contributed by atoms with Crippen LogP contribution in [0, 0.1) is 5.82 Å². The number of hydrogen-bond acceptors (Lipinski definition) is 4. The molecule has 3 rings (SSSR count). The molecule has 23 heavy (non-hydrogen) atoms. The molecule has 1 aromatic heterocycles. The molecule has 1 N–H and O–H groups in total. The molecule has 2 aromatic carbocycles. The van der Waals surface area contributed by atoms with Crippen molar-refractivity contribution < 1.29 is 9.18 Å². The summed E-state index contributed by atoms with van der Waals surface area (Å²) in [6.45, 7) is 2.11. The fraction of sp³-hybridized carbons (Fsp3) is 0.176. The lowest BCUT2D eigenvalue weighted by Crippen LogP contribution is -2.14. The molecule has 0 unspecified atom stereocenters. The van der Waals surface area contributed by atoms with Gasteiger partial charge in [-0.05, 0) is 41.6 Å². The maximum atomic E-state index is 13.2. The van der Waals surface area contributed by atoms with Crippen LogP contribution < -0.4 is 5.32 Å². The lowest BCUT2D eigenvalue weighted by Gasteiger charge is -2.03. The first-order valence-corrected chi connectivity index (χ1v) is 9.02. The summed E-state index contributed by atoms with van der Waals surface area (Å²) in [6, 6.07) is 12.4. The van der Waals surface area contributed by atoms with Crippen LogP contribution in [-0.4, -0.2) is 16.6 Å². The number of nitrogens with one attached hydrogen (secondary N) is 1. The number of aromatic nitrogens is 1. The van der Waals surface area contributed by atoms with Gasteiger partial charge < -0.3 is 5.32 Å². The third-order valence-corrected chi connectivity index (χ3v) is 5.02. The lowest BCUT2D eigenvalue weighted by molar-refractivity contribution is -0.115. The summed E-state index contributed by atoms with van der Waals surface area (Å²) >= 11 is 3.04. The highest BCUT2D eigenvalue weighted by Crippen LogP contribution is 2.26. The number of nitrogens with zero attached hydrogens (tertiary/aromatic N) is 1. The third kappa shape index (κ3) is 4.09. The lowest BCUT2D eigenvalue weighted by atomic mass is 10.1. The predicted molar refractivity (Wildman–Crippen MR) is 94.8 cm³/mol. The standard InChI is InChI=1S/C17H15FN2OS2/c1-2-22-13-6-3-11(4-7-13)9-16(21)20-17-19-14-8-5-12(18)10-15(14)23-17/h3-8,10H,2,9H2,1H3,(H,19,20,21). The Kier molecular flexibility index (Phi) is 4.93. The molecule has 1 heterocycles. The average Bonchev–Trinajstić information content (AvgIpc) is 2.90. The number of thiazole rings is 1. The van der Waals surface area contributed by atoms with Gasteiger partial charge >= 0.3 is 0 Å². The van der Waals surface area contributed by atoms with E-state index >= 15 is 0 Å². The third-order valence-electron chi connectivity index (χ3n) is 3.20. The van der Waals surface area contributed by atoms with E-state index in [0.717, 1.165) is 16.0 Å². The number of amides is 1. The minimum atomic E-state index is -0.302. The summed E-state index contributed by atoms with van der Waals surface area (Å²) in [4.78, 5) is 17.6. The van der Waals surface area contributed by atoms with Gasteiger partial charge in [0.15, 0.2) is 5.13 Å². The Morgan fingerprint density at radius 1 is 1.26 bits per heavy atom. The van der Waals surface area contributed by atoms with E-state index in [9.17, 15) is 9.18 Å². The normalized spacial score (nSPS) is 10.9. The van der Waals surface area contributed by atoms with Crippen LogP contribution in [-0.2, 0) is 11.2 Å². The van der Waals surface area contributed by atoms with Crippen LogP contribution in [0.15, 0.2) is 47.4 Å². The molecule has 6 heteroatoms. The number of anilines is 1. The van der Waals surface area contributed by atoms with E-state index in [1.807, 2.05) is 24.3 Å². The highest BCUT2D eigenvalue weighted by Gasteiger charge is 2.09. The number of thioether (sulfide) groups is 1. The van der Waals surface area contributed by atoms with Crippen molar-refractivity contribution >= 4 is 44.4 Å². The maximum absolute atomic E-state index is 13.2. The largest absolute Gasteiger partial charge is 0.302 e. The van der Waals surface area contributed by atoms with Crippen molar-refractivity contribution in [1.29, 1.82) is 0 Å². The molecule has 0 atom stereocenters. The second kappa shape index (κ2) is 7.10. The Bertz CT molecular complexity index is 830. The van der Waals surface area contributed by atoms with Crippen molar-refractivity contribution in [3.05, 3.63) is 53.8 Å². The van der Waals surface area contributed by atoms with Gasteiger partial charge in [-0.2, -0.15) is 0 Å². The van der Waals surface area contributed by atoms with Crippen LogP contribution in [0.1, 0.15) is 12.5 Å². The Morgan fingerprint density at radius 3 is 2.78 bits per heavy atom. The van der Waals surface area contributed by atoms with E-state index in [1.54, 1.807) is 17.8 Å². The summed E-state index contributed by atoms with van der Waals surface area (Å²) in [5.41, 5.74) is 1.64. The van der Waals surface area contributed by atoms with Crippen molar-refractivity contribution in [1.82, 2.24) is 4.98 Å². The molecule has 0 bridgehead atoms. The molecule has 0 saturated carbocycles. The van der Waals surface area contributed by atoms with Crippen molar-refractivity contribution in [2.45, 2.75) is 18.2 Å². The predicted octanol–water partition coefficient (Wildman–Crippen LogP) is 4.73. The average molecular weight is 346 g/mol. The van der Waals surface area contributed by atoms with Crippen LogP contribution in [0.4, 0.5) is 9.52 Å². The zero-order valence-corrected chi connectivity index (χ0v) is 14.1. The van der Waals surface area contributed by atoms with Crippen LogP contribution in [0.5, 0.6) is 0 Å². The number of hydrogen-bond donors (Lipinski definition) is 1. The Morgan fingerprint density at radius 2 is 2.04 bits per heavy atom. The van der Waals surface area contributed by atoms with Gasteiger partial charge in [-0.15, -0.1) is 11.8 Å². The van der Waals surface area contributed by atoms with E-state index in [2.05, 4.69) is 17.2 Å². The van der Waals surface area contributed by atoms with Crippen LogP contribution in [0.3, 0.4) is 0 Å². The molecular weight excluding hydrogens is 331 g/mol. The molecule has 0 fully saturated rings.